The third-order valence-corrected chi connectivity index (χ3v) is 3.97. The van der Waals surface area contributed by atoms with E-state index in [1.807, 2.05) is 19.1 Å². The highest BCUT2D eigenvalue weighted by atomic mass is 16.3. The first-order valence-electron chi connectivity index (χ1n) is 7.03. The molecule has 0 aliphatic heterocycles. The zero-order valence-electron chi connectivity index (χ0n) is 11.6. The van der Waals surface area contributed by atoms with E-state index in [4.69, 9.17) is 15.1 Å². The smallest absolute Gasteiger partial charge is 0.128 e. The number of furan rings is 1. The van der Waals surface area contributed by atoms with Crippen LogP contribution in [0.2, 0.25) is 0 Å². The zero-order chi connectivity index (χ0) is 13.4. The van der Waals surface area contributed by atoms with E-state index < -0.39 is 0 Å². The lowest BCUT2D eigenvalue weighted by Gasteiger charge is -2.21. The van der Waals surface area contributed by atoms with Gasteiger partial charge in [0.25, 0.3) is 0 Å². The van der Waals surface area contributed by atoms with Gasteiger partial charge in [0.2, 0.25) is 0 Å². The SMILES string of the molecule is Cc1ccc(C(CN)n2c(C)nc3c2CCCC3)o1. The van der Waals surface area contributed by atoms with Crippen LogP contribution in [-0.4, -0.2) is 16.1 Å². The van der Waals surface area contributed by atoms with Gasteiger partial charge >= 0.3 is 0 Å². The second kappa shape index (κ2) is 4.85. The molecule has 1 atom stereocenters. The first-order valence-corrected chi connectivity index (χ1v) is 7.03. The van der Waals surface area contributed by atoms with E-state index in [2.05, 4.69) is 11.5 Å². The monoisotopic (exact) mass is 259 g/mol. The van der Waals surface area contributed by atoms with Crippen molar-refractivity contribution < 1.29 is 4.42 Å². The minimum Gasteiger partial charge on any atom is -0.464 e. The number of nitrogens with zero attached hydrogens (tertiary/aromatic N) is 2. The molecule has 1 aliphatic rings. The number of aryl methyl sites for hydroxylation is 3. The molecule has 19 heavy (non-hydrogen) atoms. The molecule has 3 rings (SSSR count). The molecule has 0 spiro atoms. The summed E-state index contributed by atoms with van der Waals surface area (Å²) in [5, 5.41) is 0. The van der Waals surface area contributed by atoms with Crippen LogP contribution in [0.4, 0.5) is 0 Å². The molecule has 2 heterocycles. The Morgan fingerprint density at radius 1 is 1.32 bits per heavy atom. The number of hydrogen-bond donors (Lipinski definition) is 1. The molecular weight excluding hydrogens is 238 g/mol. The zero-order valence-corrected chi connectivity index (χ0v) is 11.6. The maximum absolute atomic E-state index is 6.00. The van der Waals surface area contributed by atoms with E-state index >= 15 is 0 Å². The summed E-state index contributed by atoms with van der Waals surface area (Å²) in [6, 6.07) is 4.10. The Morgan fingerprint density at radius 2 is 2.11 bits per heavy atom. The van der Waals surface area contributed by atoms with Crippen molar-refractivity contribution in [2.24, 2.45) is 5.73 Å². The predicted octanol–water partition coefficient (Wildman–Crippen LogP) is 2.52. The molecule has 0 saturated carbocycles. The van der Waals surface area contributed by atoms with E-state index in [-0.39, 0.29) is 6.04 Å². The van der Waals surface area contributed by atoms with Crippen molar-refractivity contribution in [2.45, 2.75) is 45.6 Å². The standard InChI is InChI=1S/C15H21N3O/c1-10-7-8-15(19-10)14(9-16)18-11(2)17-12-5-3-4-6-13(12)18/h7-8,14H,3-6,9,16H2,1-2H3. The summed E-state index contributed by atoms with van der Waals surface area (Å²) in [5.74, 6) is 2.92. The van der Waals surface area contributed by atoms with E-state index in [1.165, 1.54) is 24.2 Å². The fourth-order valence-corrected chi connectivity index (χ4v) is 3.09. The molecule has 2 aromatic heterocycles. The number of rotatable bonds is 3. The highest BCUT2D eigenvalue weighted by Crippen LogP contribution is 2.29. The van der Waals surface area contributed by atoms with Gasteiger partial charge in [-0.05, 0) is 51.7 Å². The summed E-state index contributed by atoms with van der Waals surface area (Å²) >= 11 is 0. The Kier molecular flexibility index (Phi) is 3.19. The molecule has 2 N–H and O–H groups in total. The molecule has 0 bridgehead atoms. The van der Waals surface area contributed by atoms with Crippen molar-refractivity contribution in [3.8, 4) is 0 Å². The maximum Gasteiger partial charge on any atom is 0.128 e. The lowest BCUT2D eigenvalue weighted by atomic mass is 10.0. The third-order valence-electron chi connectivity index (χ3n) is 3.97. The maximum atomic E-state index is 6.00. The Morgan fingerprint density at radius 3 is 2.79 bits per heavy atom. The van der Waals surface area contributed by atoms with E-state index in [0.717, 1.165) is 30.2 Å². The molecule has 4 heteroatoms. The molecule has 1 unspecified atom stereocenters. The summed E-state index contributed by atoms with van der Waals surface area (Å²) in [5.41, 5.74) is 8.61. The summed E-state index contributed by atoms with van der Waals surface area (Å²) in [6.45, 7) is 4.57. The lowest BCUT2D eigenvalue weighted by Crippen LogP contribution is -2.23. The highest BCUT2D eigenvalue weighted by molar-refractivity contribution is 5.24. The largest absolute Gasteiger partial charge is 0.464 e. The molecule has 0 aromatic carbocycles. The summed E-state index contributed by atoms with van der Waals surface area (Å²) in [4.78, 5) is 4.72. The van der Waals surface area contributed by atoms with E-state index in [9.17, 15) is 0 Å². The van der Waals surface area contributed by atoms with Gasteiger partial charge in [0.1, 0.15) is 23.4 Å². The van der Waals surface area contributed by atoms with Gasteiger partial charge in [0.05, 0.1) is 5.69 Å². The number of imidazole rings is 1. The van der Waals surface area contributed by atoms with Crippen molar-refractivity contribution in [1.29, 1.82) is 0 Å². The van der Waals surface area contributed by atoms with Crippen LogP contribution in [0.1, 0.15) is 47.6 Å². The van der Waals surface area contributed by atoms with Gasteiger partial charge < -0.3 is 14.7 Å². The Hall–Kier alpha value is -1.55. The summed E-state index contributed by atoms with van der Waals surface area (Å²) in [6.07, 6.45) is 4.69. The van der Waals surface area contributed by atoms with Crippen molar-refractivity contribution in [2.75, 3.05) is 6.54 Å². The average Bonchev–Trinajstić information content (AvgIpc) is 2.96. The third kappa shape index (κ3) is 2.10. The fourth-order valence-electron chi connectivity index (χ4n) is 3.09. The van der Waals surface area contributed by atoms with Crippen molar-refractivity contribution >= 4 is 0 Å². The fraction of sp³-hybridized carbons (Fsp3) is 0.533. The van der Waals surface area contributed by atoms with Crippen LogP contribution >= 0.6 is 0 Å². The molecule has 0 fully saturated rings. The van der Waals surface area contributed by atoms with Crippen LogP contribution < -0.4 is 5.73 Å². The van der Waals surface area contributed by atoms with Crippen LogP contribution in [0.25, 0.3) is 0 Å². The molecule has 0 radical (unpaired) electrons. The van der Waals surface area contributed by atoms with Gasteiger partial charge in [0.15, 0.2) is 0 Å². The average molecular weight is 259 g/mol. The lowest BCUT2D eigenvalue weighted by molar-refractivity contribution is 0.405. The minimum atomic E-state index is 0.0723. The second-order valence-electron chi connectivity index (χ2n) is 5.33. The number of nitrogens with two attached hydrogens (primary N) is 1. The topological polar surface area (TPSA) is 57.0 Å². The molecular formula is C15H21N3O. The van der Waals surface area contributed by atoms with Crippen molar-refractivity contribution in [3.63, 3.8) is 0 Å². The normalized spacial score (nSPS) is 16.4. The molecule has 1 aliphatic carbocycles. The Labute approximate surface area is 113 Å². The van der Waals surface area contributed by atoms with E-state index in [1.54, 1.807) is 0 Å². The quantitative estimate of drug-likeness (QED) is 0.921. The van der Waals surface area contributed by atoms with E-state index in [0.29, 0.717) is 6.54 Å². The van der Waals surface area contributed by atoms with Gasteiger partial charge in [-0.15, -0.1) is 0 Å². The molecule has 4 nitrogen and oxygen atoms in total. The minimum absolute atomic E-state index is 0.0723. The van der Waals surface area contributed by atoms with Gasteiger partial charge in [-0.3, -0.25) is 0 Å². The molecule has 0 amide bonds. The predicted molar refractivity (Wildman–Crippen MR) is 74.2 cm³/mol. The first kappa shape index (κ1) is 12.5. The van der Waals surface area contributed by atoms with Gasteiger partial charge in [-0.1, -0.05) is 0 Å². The summed E-state index contributed by atoms with van der Waals surface area (Å²) in [7, 11) is 0. The van der Waals surface area contributed by atoms with Crippen LogP contribution in [0.3, 0.4) is 0 Å². The molecule has 2 aromatic rings. The molecule has 102 valence electrons. The number of fused-ring (bicyclic) bond motifs is 1. The Balaban J connectivity index is 2.06. The van der Waals surface area contributed by atoms with Gasteiger partial charge in [-0.2, -0.15) is 0 Å². The van der Waals surface area contributed by atoms with Crippen molar-refractivity contribution in [1.82, 2.24) is 9.55 Å². The Bertz CT molecular complexity index is 582. The number of hydrogen-bond acceptors (Lipinski definition) is 3. The highest BCUT2D eigenvalue weighted by Gasteiger charge is 2.25. The van der Waals surface area contributed by atoms with Gasteiger partial charge in [-0.25, -0.2) is 4.98 Å². The first-order chi connectivity index (χ1) is 9.20. The van der Waals surface area contributed by atoms with Crippen LogP contribution in [0.5, 0.6) is 0 Å². The van der Waals surface area contributed by atoms with Crippen LogP contribution in [0.15, 0.2) is 16.5 Å². The van der Waals surface area contributed by atoms with Crippen molar-refractivity contribution in [3.05, 3.63) is 40.9 Å². The second-order valence-corrected chi connectivity index (χ2v) is 5.33. The summed E-state index contributed by atoms with van der Waals surface area (Å²) < 4.78 is 8.06. The molecule has 0 saturated heterocycles. The number of aromatic nitrogens is 2. The van der Waals surface area contributed by atoms with Crippen LogP contribution in [-0.2, 0) is 12.8 Å². The van der Waals surface area contributed by atoms with Crippen LogP contribution in [0, 0.1) is 13.8 Å². The van der Waals surface area contributed by atoms with Gasteiger partial charge in [0, 0.05) is 12.2 Å².